The second kappa shape index (κ2) is 8.00. The van der Waals surface area contributed by atoms with E-state index in [1.807, 2.05) is 66.7 Å². The van der Waals surface area contributed by atoms with E-state index in [0.717, 1.165) is 10.6 Å². The molecule has 28 heavy (non-hydrogen) atoms. The lowest BCUT2D eigenvalue weighted by Crippen LogP contribution is -2.52. The molecule has 4 nitrogen and oxygen atoms in total. The lowest BCUT2D eigenvalue weighted by molar-refractivity contribution is 0.0129. The van der Waals surface area contributed by atoms with Crippen molar-refractivity contribution in [3.05, 3.63) is 96.6 Å². The van der Waals surface area contributed by atoms with Crippen molar-refractivity contribution in [3.63, 3.8) is 0 Å². The van der Waals surface area contributed by atoms with Gasteiger partial charge in [0.2, 0.25) is 0 Å². The monoisotopic (exact) mass is 412 g/mol. The van der Waals surface area contributed by atoms with Gasteiger partial charge in [0, 0.05) is 0 Å². The largest absolute Gasteiger partial charge is 0.385 e. The Bertz CT molecular complexity index is 910. The molecule has 1 aliphatic heterocycles. The number of aliphatic hydroxyl groups is 4. The van der Waals surface area contributed by atoms with E-state index < -0.39 is 38.7 Å². The number of benzene rings is 3. The molecule has 0 saturated carbocycles. The van der Waals surface area contributed by atoms with E-state index in [1.54, 1.807) is 24.3 Å². The van der Waals surface area contributed by atoms with Crippen molar-refractivity contribution < 1.29 is 20.4 Å². The molecule has 3 aromatic rings. The van der Waals surface area contributed by atoms with Gasteiger partial charge in [0.25, 0.3) is 0 Å². The minimum Gasteiger partial charge on any atom is -0.385 e. The molecule has 4 rings (SSSR count). The van der Waals surface area contributed by atoms with Gasteiger partial charge in [0.1, 0.15) is 22.9 Å². The van der Waals surface area contributed by atoms with Crippen LogP contribution in [-0.2, 0) is 5.34 Å². The average Bonchev–Trinajstić information content (AvgIpc) is 2.75. The molecule has 0 amide bonds. The van der Waals surface area contributed by atoms with Crippen LogP contribution in [0.1, 0.15) is 5.56 Å². The van der Waals surface area contributed by atoms with Crippen LogP contribution in [0.4, 0.5) is 0 Å². The molecule has 0 radical (unpaired) electrons. The highest BCUT2D eigenvalue weighted by molar-refractivity contribution is 7.74. The average molecular weight is 412 g/mol. The minimum absolute atomic E-state index is 0.548. The maximum atomic E-state index is 12.0. The molecule has 1 heterocycles. The minimum atomic E-state index is -1.72. The second-order valence-corrected chi connectivity index (χ2v) is 11.6. The molecule has 6 heteroatoms. The van der Waals surface area contributed by atoms with Crippen molar-refractivity contribution in [1.82, 2.24) is 0 Å². The number of rotatable bonds is 3. The van der Waals surface area contributed by atoms with E-state index in [4.69, 9.17) is 0 Å². The SMILES string of the molecule is OC1C(O)P(c2ccccc2)C(O)(c2ccccc2)C(O)P1c1ccccc1. The van der Waals surface area contributed by atoms with E-state index in [2.05, 4.69) is 0 Å². The Hall–Kier alpha value is -1.64. The molecule has 144 valence electrons. The van der Waals surface area contributed by atoms with Crippen LogP contribution in [0.15, 0.2) is 91.0 Å². The summed E-state index contributed by atoms with van der Waals surface area (Å²) in [5.74, 6) is -3.53. The molecule has 1 aliphatic rings. The van der Waals surface area contributed by atoms with Crippen LogP contribution in [0, 0.1) is 0 Å². The van der Waals surface area contributed by atoms with Crippen LogP contribution >= 0.6 is 15.8 Å². The second-order valence-electron chi connectivity index (χ2n) is 6.74. The Labute approximate surface area is 166 Å². The zero-order chi connectivity index (χ0) is 19.7. The third kappa shape index (κ3) is 3.21. The summed E-state index contributed by atoms with van der Waals surface area (Å²) in [7, 11) is -3.35. The molecular formula is C22H22O4P2. The zero-order valence-corrected chi connectivity index (χ0v) is 16.9. The van der Waals surface area contributed by atoms with Crippen LogP contribution in [0.3, 0.4) is 0 Å². The van der Waals surface area contributed by atoms with Crippen LogP contribution in [-0.4, -0.2) is 38.0 Å². The van der Waals surface area contributed by atoms with E-state index >= 15 is 0 Å². The first-order valence-electron chi connectivity index (χ1n) is 9.05. The first-order valence-corrected chi connectivity index (χ1v) is 11.9. The van der Waals surface area contributed by atoms with Crippen molar-refractivity contribution in [1.29, 1.82) is 0 Å². The van der Waals surface area contributed by atoms with Gasteiger partial charge >= 0.3 is 0 Å². The Morgan fingerprint density at radius 3 is 1.61 bits per heavy atom. The van der Waals surface area contributed by atoms with Crippen molar-refractivity contribution in [2.24, 2.45) is 0 Å². The molecule has 4 N–H and O–H groups in total. The van der Waals surface area contributed by atoms with Gasteiger partial charge in [-0.2, -0.15) is 0 Å². The van der Waals surface area contributed by atoms with Gasteiger partial charge in [-0.25, -0.2) is 0 Å². The van der Waals surface area contributed by atoms with Gasteiger partial charge in [-0.1, -0.05) is 91.0 Å². The summed E-state index contributed by atoms with van der Waals surface area (Å²) in [5, 5.41) is 45.4. The summed E-state index contributed by atoms with van der Waals surface area (Å²) < 4.78 is 0. The van der Waals surface area contributed by atoms with Gasteiger partial charge in [-0.3, -0.25) is 0 Å². The van der Waals surface area contributed by atoms with E-state index in [-0.39, 0.29) is 0 Å². The topological polar surface area (TPSA) is 80.9 Å². The number of hydrogen-bond donors (Lipinski definition) is 4. The fourth-order valence-electron chi connectivity index (χ4n) is 3.75. The molecule has 1 fully saturated rings. The highest BCUT2D eigenvalue weighted by atomic mass is 31.1. The first-order chi connectivity index (χ1) is 13.5. The third-order valence-corrected chi connectivity index (χ3v) is 11.1. The Morgan fingerprint density at radius 1 is 0.607 bits per heavy atom. The van der Waals surface area contributed by atoms with Crippen molar-refractivity contribution in [2.45, 2.75) is 22.9 Å². The zero-order valence-electron chi connectivity index (χ0n) is 15.1. The molecule has 3 aromatic carbocycles. The summed E-state index contributed by atoms with van der Waals surface area (Å²) in [6.45, 7) is 0. The van der Waals surface area contributed by atoms with Crippen LogP contribution in [0.25, 0.3) is 0 Å². The maximum Gasteiger partial charge on any atom is 0.145 e. The van der Waals surface area contributed by atoms with Crippen molar-refractivity contribution >= 4 is 26.5 Å². The summed E-state index contributed by atoms with van der Waals surface area (Å²) >= 11 is 0. The summed E-state index contributed by atoms with van der Waals surface area (Å²) in [6.07, 6.45) is 0. The highest BCUT2D eigenvalue weighted by Gasteiger charge is 2.59. The predicted octanol–water partition coefficient (Wildman–Crippen LogP) is 2.42. The summed E-state index contributed by atoms with van der Waals surface area (Å²) in [6, 6.07) is 27.4. The van der Waals surface area contributed by atoms with E-state index in [1.165, 1.54) is 0 Å². The predicted molar refractivity (Wildman–Crippen MR) is 114 cm³/mol. The fraction of sp³-hybridized carbons (Fsp3) is 0.182. The molecule has 6 unspecified atom stereocenters. The van der Waals surface area contributed by atoms with Crippen LogP contribution in [0.2, 0.25) is 0 Å². The Balaban J connectivity index is 1.90. The standard InChI is InChI=1S/C22H22O4P2/c23-19-20(24)28(18-14-8-3-9-15-18)22(26,16-10-4-1-5-11-16)21(25)27(19)17-12-6-2-7-13-17/h1-15,19-21,23-26H. The lowest BCUT2D eigenvalue weighted by atomic mass is 10.1. The highest BCUT2D eigenvalue weighted by Crippen LogP contribution is 2.71. The van der Waals surface area contributed by atoms with Gasteiger partial charge < -0.3 is 20.4 Å². The van der Waals surface area contributed by atoms with Gasteiger partial charge in [0.15, 0.2) is 0 Å². The fourth-order valence-corrected chi connectivity index (χ4v) is 10.1. The van der Waals surface area contributed by atoms with Crippen LogP contribution < -0.4 is 10.6 Å². The Kier molecular flexibility index (Phi) is 5.62. The van der Waals surface area contributed by atoms with Gasteiger partial charge in [-0.05, 0) is 32.0 Å². The van der Waals surface area contributed by atoms with Gasteiger partial charge in [0.05, 0.1) is 0 Å². The quantitative estimate of drug-likeness (QED) is 0.498. The molecule has 6 atom stereocenters. The van der Waals surface area contributed by atoms with Gasteiger partial charge in [-0.15, -0.1) is 0 Å². The summed E-state index contributed by atoms with van der Waals surface area (Å²) in [4.78, 5) is 0. The van der Waals surface area contributed by atoms with E-state index in [9.17, 15) is 20.4 Å². The molecule has 0 spiro atoms. The number of aliphatic hydroxyl groups excluding tert-OH is 3. The smallest absolute Gasteiger partial charge is 0.145 e. The Morgan fingerprint density at radius 2 is 1.07 bits per heavy atom. The van der Waals surface area contributed by atoms with E-state index in [0.29, 0.717) is 5.56 Å². The summed E-state index contributed by atoms with van der Waals surface area (Å²) in [5.41, 5.74) is 0.548. The molecule has 0 bridgehead atoms. The maximum absolute atomic E-state index is 12.0. The van der Waals surface area contributed by atoms with Crippen LogP contribution in [0.5, 0.6) is 0 Å². The third-order valence-electron chi connectivity index (χ3n) is 5.09. The molecule has 0 aliphatic carbocycles. The molecular weight excluding hydrogens is 390 g/mol. The normalized spacial score (nSPS) is 32.8. The molecule has 0 aromatic heterocycles. The van der Waals surface area contributed by atoms with Crippen molar-refractivity contribution in [2.75, 3.05) is 0 Å². The number of hydrogen-bond acceptors (Lipinski definition) is 4. The first kappa shape index (κ1) is 19.7. The van der Waals surface area contributed by atoms with Crippen molar-refractivity contribution in [3.8, 4) is 0 Å². The lowest BCUT2D eigenvalue weighted by Gasteiger charge is -2.52. The molecule has 1 saturated heterocycles.